The van der Waals surface area contributed by atoms with Crippen LogP contribution < -0.4 is 9.80 Å². The molecule has 1 unspecified atom stereocenters. The molecular formula is C23H28N10O. The molecule has 3 aromatic heterocycles. The van der Waals surface area contributed by atoms with Gasteiger partial charge in [-0.05, 0) is 49.9 Å². The Kier molecular flexibility index (Phi) is 5.52. The summed E-state index contributed by atoms with van der Waals surface area (Å²) in [7, 11) is 0. The van der Waals surface area contributed by atoms with Crippen LogP contribution in [0.15, 0.2) is 36.9 Å². The topological polar surface area (TPSA) is 109 Å². The zero-order valence-electron chi connectivity index (χ0n) is 19.1. The number of carbonyl (C=O) groups is 1. The average molecular weight is 461 g/mol. The van der Waals surface area contributed by atoms with Gasteiger partial charge in [-0.25, -0.2) is 9.67 Å². The molecule has 0 spiro atoms. The van der Waals surface area contributed by atoms with Crippen LogP contribution in [0.2, 0.25) is 0 Å². The molecule has 11 heteroatoms. The third-order valence-corrected chi connectivity index (χ3v) is 6.97. The molecule has 6 rings (SSSR count). The van der Waals surface area contributed by atoms with Crippen LogP contribution in [0.25, 0.3) is 5.82 Å². The van der Waals surface area contributed by atoms with Crippen LogP contribution in [0.1, 0.15) is 37.3 Å². The van der Waals surface area contributed by atoms with Crippen LogP contribution in [0, 0.1) is 5.92 Å². The first-order valence-corrected chi connectivity index (χ1v) is 12.1. The van der Waals surface area contributed by atoms with E-state index in [0.29, 0.717) is 31.4 Å². The number of rotatable bonds is 5. The lowest BCUT2D eigenvalue weighted by Crippen LogP contribution is -2.53. The lowest BCUT2D eigenvalue weighted by atomic mass is 9.96. The molecule has 11 nitrogen and oxygen atoms in total. The van der Waals surface area contributed by atoms with Gasteiger partial charge in [0.2, 0.25) is 5.91 Å². The van der Waals surface area contributed by atoms with E-state index in [1.807, 2.05) is 17.0 Å². The second kappa shape index (κ2) is 8.96. The first kappa shape index (κ1) is 20.9. The van der Waals surface area contributed by atoms with E-state index in [-0.39, 0.29) is 11.8 Å². The van der Waals surface area contributed by atoms with Gasteiger partial charge in [-0.2, -0.15) is 10.2 Å². The van der Waals surface area contributed by atoms with Crippen LogP contribution in [-0.4, -0.2) is 85.2 Å². The summed E-state index contributed by atoms with van der Waals surface area (Å²) in [5.74, 6) is 3.16. The number of hydrogen-bond acceptors (Lipinski definition) is 9. The molecule has 3 aromatic rings. The first-order valence-electron chi connectivity index (χ1n) is 12.1. The maximum atomic E-state index is 13.3. The number of hydrogen-bond donors (Lipinski definition) is 0. The van der Waals surface area contributed by atoms with Crippen molar-refractivity contribution in [2.75, 3.05) is 49.1 Å². The first-order chi connectivity index (χ1) is 16.7. The standard InChI is InChI=1S/C23H28N10O/c34-23(31-12-10-30(11-13-31)20-6-5-19(26-27-20)17-3-4-17)18-2-1-9-32(14-18)21-7-8-22(29-28-21)33-16-24-15-25-33/h5-8,15-18H,1-4,9-14H2. The van der Waals surface area contributed by atoms with Gasteiger partial charge in [0.1, 0.15) is 12.7 Å². The molecule has 3 aliphatic rings. The normalized spacial score (nSPS) is 21.1. The summed E-state index contributed by atoms with van der Waals surface area (Å²) in [5, 5.41) is 21.6. The maximum Gasteiger partial charge on any atom is 0.227 e. The Bertz CT molecular complexity index is 1110. The van der Waals surface area contributed by atoms with E-state index < -0.39 is 0 Å². The van der Waals surface area contributed by atoms with Crippen molar-refractivity contribution in [3.05, 3.63) is 42.6 Å². The molecule has 176 valence electrons. The van der Waals surface area contributed by atoms with E-state index in [2.05, 4.69) is 52.4 Å². The summed E-state index contributed by atoms with van der Waals surface area (Å²) < 4.78 is 1.58. The predicted molar refractivity (Wildman–Crippen MR) is 125 cm³/mol. The summed E-state index contributed by atoms with van der Waals surface area (Å²) in [6.45, 7) is 4.56. The minimum absolute atomic E-state index is 0.0188. The molecular weight excluding hydrogens is 432 g/mol. The summed E-state index contributed by atoms with van der Waals surface area (Å²) in [6.07, 6.45) is 7.39. The largest absolute Gasteiger partial charge is 0.354 e. The maximum absolute atomic E-state index is 13.3. The quantitative estimate of drug-likeness (QED) is 0.556. The van der Waals surface area contributed by atoms with Crippen LogP contribution in [0.4, 0.5) is 11.6 Å². The molecule has 5 heterocycles. The highest BCUT2D eigenvalue weighted by atomic mass is 16.2. The third kappa shape index (κ3) is 4.29. The average Bonchev–Trinajstić information content (AvgIpc) is 3.62. The fourth-order valence-corrected chi connectivity index (χ4v) is 4.84. The molecule has 0 aromatic carbocycles. The molecule has 1 amide bonds. The molecule has 2 aliphatic heterocycles. The van der Waals surface area contributed by atoms with E-state index in [4.69, 9.17) is 0 Å². The molecule has 1 aliphatic carbocycles. The van der Waals surface area contributed by atoms with Crippen LogP contribution in [0.5, 0.6) is 0 Å². The molecule has 2 saturated heterocycles. The van der Waals surface area contributed by atoms with Gasteiger partial charge in [0.15, 0.2) is 17.5 Å². The van der Waals surface area contributed by atoms with E-state index >= 15 is 0 Å². The highest BCUT2D eigenvalue weighted by Gasteiger charge is 2.32. The number of anilines is 2. The van der Waals surface area contributed by atoms with Gasteiger partial charge in [0, 0.05) is 45.2 Å². The molecule has 0 bridgehead atoms. The number of amides is 1. The van der Waals surface area contributed by atoms with Crippen molar-refractivity contribution in [3.63, 3.8) is 0 Å². The SMILES string of the molecule is O=C(C1CCCN(c2ccc(-n3cncn3)nn2)C1)N1CCN(c2ccc(C3CC3)nn2)CC1. The molecule has 1 saturated carbocycles. The minimum Gasteiger partial charge on any atom is -0.354 e. The van der Waals surface area contributed by atoms with Crippen molar-refractivity contribution < 1.29 is 4.79 Å². The van der Waals surface area contributed by atoms with Crippen molar-refractivity contribution in [1.29, 1.82) is 0 Å². The number of nitrogens with zero attached hydrogens (tertiary/aromatic N) is 10. The fraction of sp³-hybridized carbons (Fsp3) is 0.522. The van der Waals surface area contributed by atoms with Gasteiger partial charge in [0.25, 0.3) is 0 Å². The molecule has 1 atom stereocenters. The van der Waals surface area contributed by atoms with E-state index in [1.54, 1.807) is 11.0 Å². The third-order valence-electron chi connectivity index (χ3n) is 6.97. The fourth-order valence-electron chi connectivity index (χ4n) is 4.84. The molecule has 0 radical (unpaired) electrons. The smallest absolute Gasteiger partial charge is 0.227 e. The van der Waals surface area contributed by atoms with Gasteiger partial charge >= 0.3 is 0 Å². The van der Waals surface area contributed by atoms with Crippen molar-refractivity contribution in [2.24, 2.45) is 5.92 Å². The second-order valence-electron chi connectivity index (χ2n) is 9.28. The Morgan fingerprint density at radius 1 is 0.794 bits per heavy atom. The van der Waals surface area contributed by atoms with Gasteiger partial charge in [-0.3, -0.25) is 4.79 Å². The van der Waals surface area contributed by atoms with Crippen LogP contribution >= 0.6 is 0 Å². The van der Waals surface area contributed by atoms with Crippen LogP contribution in [-0.2, 0) is 4.79 Å². The zero-order valence-corrected chi connectivity index (χ0v) is 19.1. The monoisotopic (exact) mass is 460 g/mol. The Morgan fingerprint density at radius 2 is 1.53 bits per heavy atom. The van der Waals surface area contributed by atoms with Gasteiger partial charge < -0.3 is 14.7 Å². The van der Waals surface area contributed by atoms with Crippen LogP contribution in [0.3, 0.4) is 0 Å². The minimum atomic E-state index is -0.0188. The van der Waals surface area contributed by atoms with E-state index in [0.717, 1.165) is 49.8 Å². The van der Waals surface area contributed by atoms with E-state index in [9.17, 15) is 4.79 Å². The lowest BCUT2D eigenvalue weighted by molar-refractivity contribution is -0.136. The highest BCUT2D eigenvalue weighted by molar-refractivity contribution is 5.80. The number of piperazine rings is 1. The van der Waals surface area contributed by atoms with Crippen molar-refractivity contribution in [3.8, 4) is 5.82 Å². The summed E-state index contributed by atoms with van der Waals surface area (Å²) in [4.78, 5) is 23.7. The highest BCUT2D eigenvalue weighted by Crippen LogP contribution is 2.38. The van der Waals surface area contributed by atoms with Crippen molar-refractivity contribution in [1.82, 2.24) is 40.1 Å². The van der Waals surface area contributed by atoms with Gasteiger partial charge in [-0.1, -0.05) is 0 Å². The van der Waals surface area contributed by atoms with E-state index in [1.165, 1.54) is 19.2 Å². The summed E-state index contributed by atoms with van der Waals surface area (Å²) >= 11 is 0. The summed E-state index contributed by atoms with van der Waals surface area (Å²) in [6, 6.07) is 7.99. The lowest BCUT2D eigenvalue weighted by Gasteiger charge is -2.39. The van der Waals surface area contributed by atoms with Crippen molar-refractivity contribution in [2.45, 2.75) is 31.6 Å². The summed E-state index contributed by atoms with van der Waals surface area (Å²) in [5.41, 5.74) is 1.11. The Balaban J connectivity index is 1.04. The Labute approximate surface area is 197 Å². The Morgan fingerprint density at radius 3 is 2.21 bits per heavy atom. The molecule has 34 heavy (non-hydrogen) atoms. The second-order valence-corrected chi connectivity index (χ2v) is 9.28. The van der Waals surface area contributed by atoms with Gasteiger partial charge in [-0.15, -0.1) is 15.3 Å². The molecule has 3 fully saturated rings. The number of carbonyl (C=O) groups excluding carboxylic acids is 1. The van der Waals surface area contributed by atoms with Gasteiger partial charge in [0.05, 0.1) is 11.6 Å². The number of piperidine rings is 1. The predicted octanol–water partition coefficient (Wildman–Crippen LogP) is 1.29. The Hall–Kier alpha value is -3.63. The zero-order chi connectivity index (χ0) is 22.9. The number of aromatic nitrogens is 7. The molecule has 0 N–H and O–H groups in total. The van der Waals surface area contributed by atoms with Crippen molar-refractivity contribution >= 4 is 17.5 Å².